The number of ether oxygens (including phenoxy) is 1. The van der Waals surface area contributed by atoms with Crippen molar-refractivity contribution in [1.29, 1.82) is 0 Å². The first-order chi connectivity index (χ1) is 4.79. The average molecular weight is 150 g/mol. The van der Waals surface area contributed by atoms with E-state index < -0.39 is 6.43 Å². The molecule has 0 radical (unpaired) electrons. The van der Waals surface area contributed by atoms with Crippen LogP contribution in [0.1, 0.15) is 19.3 Å². The Hall–Kier alpha value is -0.180. The molecule has 0 atom stereocenters. The maximum absolute atomic E-state index is 11.8. The average Bonchev–Trinajstić information content (AvgIpc) is 1.88. The molecule has 0 aromatic heterocycles. The Morgan fingerprint density at radius 2 is 1.90 bits per heavy atom. The van der Waals surface area contributed by atoms with E-state index >= 15 is 0 Å². The van der Waals surface area contributed by atoms with Gasteiger partial charge in [0, 0.05) is 19.6 Å². The van der Waals surface area contributed by atoms with Crippen LogP contribution < -0.4 is 0 Å². The maximum atomic E-state index is 11.8. The molecule has 0 spiro atoms. The summed E-state index contributed by atoms with van der Waals surface area (Å²) in [4.78, 5) is 0. The van der Waals surface area contributed by atoms with Gasteiger partial charge in [-0.15, -0.1) is 0 Å². The summed E-state index contributed by atoms with van der Waals surface area (Å²) >= 11 is 0. The molecule has 0 amide bonds. The number of hydrogen-bond acceptors (Lipinski definition) is 1. The highest BCUT2D eigenvalue weighted by atomic mass is 19.3. The molecule has 0 aromatic carbocycles. The lowest BCUT2D eigenvalue weighted by atomic mass is 9.97. The van der Waals surface area contributed by atoms with Crippen molar-refractivity contribution < 1.29 is 13.5 Å². The van der Waals surface area contributed by atoms with Gasteiger partial charge >= 0.3 is 0 Å². The smallest absolute Gasteiger partial charge is 0.238 e. The number of hydrogen-bond donors (Lipinski definition) is 0. The fourth-order valence-electron chi connectivity index (χ4n) is 1.23. The third kappa shape index (κ3) is 2.60. The molecule has 1 heterocycles. The van der Waals surface area contributed by atoms with Crippen molar-refractivity contribution >= 4 is 0 Å². The molecule has 60 valence electrons. The highest BCUT2D eigenvalue weighted by Crippen LogP contribution is 2.21. The number of halogens is 2. The molecule has 1 saturated heterocycles. The van der Waals surface area contributed by atoms with Gasteiger partial charge in [-0.25, -0.2) is 8.78 Å². The Kier molecular flexibility index (Phi) is 3.06. The quantitative estimate of drug-likeness (QED) is 0.585. The van der Waals surface area contributed by atoms with Crippen LogP contribution in [0.15, 0.2) is 0 Å². The lowest BCUT2D eigenvalue weighted by Gasteiger charge is -2.21. The highest BCUT2D eigenvalue weighted by Gasteiger charge is 2.17. The molecule has 3 heteroatoms. The second-order valence-electron chi connectivity index (χ2n) is 2.68. The van der Waals surface area contributed by atoms with E-state index in [1.54, 1.807) is 0 Å². The molecular weight excluding hydrogens is 138 g/mol. The van der Waals surface area contributed by atoms with Crippen molar-refractivity contribution in [1.82, 2.24) is 0 Å². The van der Waals surface area contributed by atoms with Crippen molar-refractivity contribution in [3.8, 4) is 0 Å². The van der Waals surface area contributed by atoms with Crippen LogP contribution in [-0.4, -0.2) is 19.6 Å². The third-order valence-electron chi connectivity index (χ3n) is 1.85. The lowest BCUT2D eigenvalue weighted by Crippen LogP contribution is -2.17. The topological polar surface area (TPSA) is 9.23 Å². The van der Waals surface area contributed by atoms with Crippen LogP contribution in [0.4, 0.5) is 8.78 Å². The van der Waals surface area contributed by atoms with Gasteiger partial charge in [-0.3, -0.25) is 0 Å². The van der Waals surface area contributed by atoms with E-state index in [0.29, 0.717) is 13.2 Å². The van der Waals surface area contributed by atoms with Gasteiger partial charge in [-0.05, 0) is 18.8 Å². The molecule has 0 unspecified atom stereocenters. The molecule has 0 saturated carbocycles. The Labute approximate surface area is 59.4 Å². The number of rotatable bonds is 2. The summed E-state index contributed by atoms with van der Waals surface area (Å²) in [6.45, 7) is 1.33. The van der Waals surface area contributed by atoms with E-state index in [-0.39, 0.29) is 12.3 Å². The minimum absolute atomic E-state index is 0.0589. The summed E-state index contributed by atoms with van der Waals surface area (Å²) in [6.07, 6.45) is -0.457. The van der Waals surface area contributed by atoms with E-state index in [1.165, 1.54) is 0 Å². The van der Waals surface area contributed by atoms with Crippen molar-refractivity contribution in [3.63, 3.8) is 0 Å². The zero-order valence-corrected chi connectivity index (χ0v) is 5.85. The van der Waals surface area contributed by atoms with Crippen molar-refractivity contribution in [2.75, 3.05) is 13.2 Å². The summed E-state index contributed by atoms with van der Waals surface area (Å²) in [6, 6.07) is 0. The fraction of sp³-hybridized carbons (Fsp3) is 1.00. The summed E-state index contributed by atoms with van der Waals surface area (Å²) in [5.41, 5.74) is 0. The predicted molar refractivity (Wildman–Crippen MR) is 34.2 cm³/mol. The Morgan fingerprint density at radius 1 is 1.30 bits per heavy atom. The summed E-state index contributed by atoms with van der Waals surface area (Å²) in [5, 5.41) is 0. The summed E-state index contributed by atoms with van der Waals surface area (Å²) < 4.78 is 28.6. The normalized spacial score (nSPS) is 21.9. The predicted octanol–water partition coefficient (Wildman–Crippen LogP) is 2.07. The Morgan fingerprint density at radius 3 is 2.40 bits per heavy atom. The van der Waals surface area contributed by atoms with E-state index in [2.05, 4.69) is 0 Å². The molecule has 1 nitrogen and oxygen atoms in total. The minimum atomic E-state index is -2.14. The zero-order chi connectivity index (χ0) is 7.40. The molecule has 1 aliphatic rings. The second-order valence-corrected chi connectivity index (χ2v) is 2.68. The molecular formula is C7H12F2O. The van der Waals surface area contributed by atoms with Gasteiger partial charge in [0.15, 0.2) is 0 Å². The largest absolute Gasteiger partial charge is 0.381 e. The van der Waals surface area contributed by atoms with Gasteiger partial charge < -0.3 is 4.74 Å². The van der Waals surface area contributed by atoms with E-state index in [0.717, 1.165) is 12.8 Å². The van der Waals surface area contributed by atoms with Crippen molar-refractivity contribution in [2.45, 2.75) is 25.7 Å². The van der Waals surface area contributed by atoms with Crippen molar-refractivity contribution in [3.05, 3.63) is 0 Å². The monoisotopic (exact) mass is 150 g/mol. The second kappa shape index (κ2) is 3.86. The first-order valence-corrected chi connectivity index (χ1v) is 3.65. The van der Waals surface area contributed by atoms with Gasteiger partial charge in [-0.1, -0.05) is 0 Å². The SMILES string of the molecule is FC(F)CC1CCOCC1. The van der Waals surface area contributed by atoms with Crippen LogP contribution in [0.3, 0.4) is 0 Å². The molecule has 0 N–H and O–H groups in total. The van der Waals surface area contributed by atoms with Crippen LogP contribution in [0.2, 0.25) is 0 Å². The maximum Gasteiger partial charge on any atom is 0.238 e. The molecule has 1 rings (SSSR count). The lowest BCUT2D eigenvalue weighted by molar-refractivity contribution is 0.0356. The minimum Gasteiger partial charge on any atom is -0.381 e. The van der Waals surface area contributed by atoms with Crippen LogP contribution in [0.25, 0.3) is 0 Å². The molecule has 1 aliphatic heterocycles. The number of alkyl halides is 2. The summed E-state index contributed by atoms with van der Waals surface area (Å²) in [7, 11) is 0. The molecule has 0 aliphatic carbocycles. The van der Waals surface area contributed by atoms with Gasteiger partial charge in [-0.2, -0.15) is 0 Å². The molecule has 10 heavy (non-hydrogen) atoms. The molecule has 1 fully saturated rings. The van der Waals surface area contributed by atoms with Gasteiger partial charge in [0.1, 0.15) is 0 Å². The van der Waals surface area contributed by atoms with E-state index in [4.69, 9.17) is 4.74 Å². The van der Waals surface area contributed by atoms with E-state index in [9.17, 15) is 8.78 Å². The van der Waals surface area contributed by atoms with Crippen LogP contribution in [-0.2, 0) is 4.74 Å². The first-order valence-electron chi connectivity index (χ1n) is 3.65. The molecule has 0 bridgehead atoms. The summed E-state index contributed by atoms with van der Waals surface area (Å²) in [5.74, 6) is 0.203. The van der Waals surface area contributed by atoms with Crippen molar-refractivity contribution in [2.24, 2.45) is 5.92 Å². The highest BCUT2D eigenvalue weighted by molar-refractivity contribution is 4.63. The van der Waals surface area contributed by atoms with Gasteiger partial charge in [0.25, 0.3) is 0 Å². The van der Waals surface area contributed by atoms with Crippen LogP contribution >= 0.6 is 0 Å². The first kappa shape index (κ1) is 7.92. The standard InChI is InChI=1S/C7H12F2O/c8-7(9)5-6-1-3-10-4-2-6/h6-7H,1-5H2. The van der Waals surface area contributed by atoms with E-state index in [1.807, 2.05) is 0 Å². The third-order valence-corrected chi connectivity index (χ3v) is 1.85. The Balaban J connectivity index is 2.13. The fourth-order valence-corrected chi connectivity index (χ4v) is 1.23. The molecule has 0 aromatic rings. The van der Waals surface area contributed by atoms with Gasteiger partial charge in [0.05, 0.1) is 0 Å². The van der Waals surface area contributed by atoms with Crippen LogP contribution in [0, 0.1) is 5.92 Å². The zero-order valence-electron chi connectivity index (χ0n) is 5.85. The van der Waals surface area contributed by atoms with Gasteiger partial charge in [0.2, 0.25) is 6.43 Å². The van der Waals surface area contributed by atoms with Crippen LogP contribution in [0.5, 0.6) is 0 Å². The Bertz CT molecular complexity index is 89.6.